The van der Waals surface area contributed by atoms with E-state index in [0.717, 1.165) is 11.3 Å². The highest BCUT2D eigenvalue weighted by Gasteiger charge is 2.14. The molecule has 0 amide bonds. The Labute approximate surface area is 70.0 Å². The molecule has 1 unspecified atom stereocenters. The molecule has 4 heteroatoms. The molecule has 1 rings (SSSR count). The summed E-state index contributed by atoms with van der Waals surface area (Å²) in [6, 6.07) is 0.888. The number of hydrogen-bond donors (Lipinski definition) is 2. The summed E-state index contributed by atoms with van der Waals surface area (Å²) in [5.74, 6) is -0.262. The van der Waals surface area contributed by atoms with E-state index >= 15 is 0 Å². The smallest absolute Gasteiger partial charge is 0.320 e. The molecule has 0 bridgehead atoms. The summed E-state index contributed by atoms with van der Waals surface area (Å²) in [6.45, 7) is 1.78. The number of carboxylic acid groups (broad SMARTS) is 1. The average Bonchev–Trinajstić information content (AvgIpc) is 2.36. The molecule has 0 spiro atoms. The molecule has 4 nitrogen and oxygen atoms in total. The number of rotatable bonds is 3. The third kappa shape index (κ3) is 1.85. The number of carbonyl (C=O) groups is 1. The molecule has 1 heterocycles. The molecule has 0 aliphatic carbocycles. The van der Waals surface area contributed by atoms with Crippen LogP contribution in [0.15, 0.2) is 16.7 Å². The first kappa shape index (κ1) is 8.80. The number of aliphatic carboxylic acids is 1. The molecule has 0 aromatic carbocycles. The molecule has 0 saturated heterocycles. The molecule has 1 aromatic heterocycles. The Morgan fingerprint density at radius 3 is 2.92 bits per heavy atom. The van der Waals surface area contributed by atoms with Gasteiger partial charge in [-0.15, -0.1) is 0 Å². The van der Waals surface area contributed by atoms with E-state index in [-0.39, 0.29) is 0 Å². The van der Waals surface area contributed by atoms with Crippen LogP contribution in [0.5, 0.6) is 0 Å². The molecule has 0 radical (unpaired) electrons. The molecule has 1 aromatic rings. The van der Waals surface area contributed by atoms with Gasteiger partial charge in [0, 0.05) is 6.42 Å². The molecule has 1 atom stereocenters. The van der Waals surface area contributed by atoms with Gasteiger partial charge in [-0.25, -0.2) is 0 Å². The van der Waals surface area contributed by atoms with E-state index < -0.39 is 12.0 Å². The van der Waals surface area contributed by atoms with Gasteiger partial charge in [-0.1, -0.05) is 0 Å². The lowest BCUT2D eigenvalue weighted by Gasteiger charge is -2.03. The molecule has 66 valence electrons. The van der Waals surface area contributed by atoms with Crippen molar-refractivity contribution in [3.05, 3.63) is 23.7 Å². The van der Waals surface area contributed by atoms with Gasteiger partial charge in [0.2, 0.25) is 0 Å². The number of nitrogens with two attached hydrogens (primary N) is 1. The Morgan fingerprint density at radius 2 is 2.50 bits per heavy atom. The Hall–Kier alpha value is -1.29. The fraction of sp³-hybridized carbons (Fsp3) is 0.375. The monoisotopic (exact) mass is 169 g/mol. The Kier molecular flexibility index (Phi) is 2.50. The molecule has 0 aliphatic heterocycles. The minimum atomic E-state index is -0.990. The van der Waals surface area contributed by atoms with Crippen LogP contribution >= 0.6 is 0 Å². The minimum Gasteiger partial charge on any atom is -0.480 e. The van der Waals surface area contributed by atoms with E-state index in [1.54, 1.807) is 13.0 Å². The minimum absolute atomic E-state index is 0.317. The van der Waals surface area contributed by atoms with Crippen LogP contribution in [-0.2, 0) is 11.2 Å². The lowest BCUT2D eigenvalue weighted by Crippen LogP contribution is -2.32. The van der Waals surface area contributed by atoms with Crippen LogP contribution in [0.3, 0.4) is 0 Å². The van der Waals surface area contributed by atoms with Gasteiger partial charge in [0.25, 0.3) is 0 Å². The van der Waals surface area contributed by atoms with Gasteiger partial charge in [0.1, 0.15) is 11.8 Å². The van der Waals surface area contributed by atoms with Crippen LogP contribution in [0.4, 0.5) is 0 Å². The van der Waals surface area contributed by atoms with Crippen molar-refractivity contribution in [2.24, 2.45) is 5.73 Å². The molecular weight excluding hydrogens is 158 g/mol. The summed E-state index contributed by atoms with van der Waals surface area (Å²) in [6.07, 6.45) is 1.84. The molecule has 0 saturated carbocycles. The highest BCUT2D eigenvalue weighted by atomic mass is 16.4. The van der Waals surface area contributed by atoms with Crippen molar-refractivity contribution in [2.45, 2.75) is 19.4 Å². The van der Waals surface area contributed by atoms with Gasteiger partial charge >= 0.3 is 5.97 Å². The Bertz CT molecular complexity index is 280. The quantitative estimate of drug-likeness (QED) is 0.692. The third-order valence-corrected chi connectivity index (χ3v) is 1.72. The second kappa shape index (κ2) is 3.40. The number of furan rings is 1. The number of carboxylic acids is 1. The van der Waals surface area contributed by atoms with E-state index in [0.29, 0.717) is 6.42 Å². The van der Waals surface area contributed by atoms with Gasteiger partial charge in [-0.2, -0.15) is 0 Å². The molecule has 3 N–H and O–H groups in total. The summed E-state index contributed by atoms with van der Waals surface area (Å²) >= 11 is 0. The largest absolute Gasteiger partial charge is 0.480 e. The van der Waals surface area contributed by atoms with Crippen LogP contribution in [0, 0.1) is 6.92 Å². The fourth-order valence-corrected chi connectivity index (χ4v) is 0.947. The highest BCUT2D eigenvalue weighted by molar-refractivity contribution is 5.73. The van der Waals surface area contributed by atoms with Crippen molar-refractivity contribution in [2.75, 3.05) is 0 Å². The van der Waals surface area contributed by atoms with Gasteiger partial charge in [-0.3, -0.25) is 4.79 Å². The van der Waals surface area contributed by atoms with Crippen molar-refractivity contribution >= 4 is 5.97 Å². The molecule has 0 aliphatic rings. The van der Waals surface area contributed by atoms with Crippen LogP contribution in [0.1, 0.15) is 11.3 Å². The maximum atomic E-state index is 10.4. The van der Waals surface area contributed by atoms with E-state index in [2.05, 4.69) is 0 Å². The second-order valence-electron chi connectivity index (χ2n) is 2.65. The van der Waals surface area contributed by atoms with Gasteiger partial charge < -0.3 is 15.3 Å². The van der Waals surface area contributed by atoms with Gasteiger partial charge in [-0.05, 0) is 18.6 Å². The summed E-state index contributed by atoms with van der Waals surface area (Å²) < 4.78 is 5.00. The van der Waals surface area contributed by atoms with Crippen LogP contribution in [0.25, 0.3) is 0 Å². The van der Waals surface area contributed by atoms with E-state index in [1.165, 1.54) is 6.26 Å². The summed E-state index contributed by atoms with van der Waals surface area (Å²) in [4.78, 5) is 10.4. The average molecular weight is 169 g/mol. The first-order valence-corrected chi connectivity index (χ1v) is 3.62. The predicted octanol–water partition coefficient (Wildman–Crippen LogP) is 0.542. The lowest BCUT2D eigenvalue weighted by molar-refractivity contribution is -0.138. The zero-order valence-corrected chi connectivity index (χ0v) is 6.78. The summed E-state index contributed by atoms with van der Waals surface area (Å²) in [5, 5.41) is 8.52. The SMILES string of the molecule is Cc1occc1CC(N)C(=O)O. The van der Waals surface area contributed by atoms with Crippen LogP contribution in [-0.4, -0.2) is 17.1 Å². The normalized spacial score (nSPS) is 12.8. The van der Waals surface area contributed by atoms with E-state index in [1.807, 2.05) is 0 Å². The maximum Gasteiger partial charge on any atom is 0.320 e. The second-order valence-corrected chi connectivity index (χ2v) is 2.65. The Morgan fingerprint density at radius 1 is 1.83 bits per heavy atom. The van der Waals surface area contributed by atoms with Crippen LogP contribution in [0.2, 0.25) is 0 Å². The van der Waals surface area contributed by atoms with Gasteiger partial charge in [0.05, 0.1) is 6.26 Å². The maximum absolute atomic E-state index is 10.4. The number of aryl methyl sites for hydroxylation is 1. The zero-order valence-electron chi connectivity index (χ0n) is 6.78. The first-order valence-electron chi connectivity index (χ1n) is 3.62. The predicted molar refractivity (Wildman–Crippen MR) is 42.8 cm³/mol. The summed E-state index contributed by atoms with van der Waals surface area (Å²) in [5.41, 5.74) is 6.19. The fourth-order valence-electron chi connectivity index (χ4n) is 0.947. The molecule has 12 heavy (non-hydrogen) atoms. The van der Waals surface area contributed by atoms with Crippen molar-refractivity contribution in [3.8, 4) is 0 Å². The highest BCUT2D eigenvalue weighted by Crippen LogP contribution is 2.10. The van der Waals surface area contributed by atoms with E-state index in [4.69, 9.17) is 15.3 Å². The van der Waals surface area contributed by atoms with Crippen molar-refractivity contribution < 1.29 is 14.3 Å². The Balaban J connectivity index is 2.64. The third-order valence-electron chi connectivity index (χ3n) is 1.72. The molecule has 0 fully saturated rings. The van der Waals surface area contributed by atoms with Gasteiger partial charge in [0.15, 0.2) is 0 Å². The zero-order chi connectivity index (χ0) is 9.14. The van der Waals surface area contributed by atoms with Crippen molar-refractivity contribution in [3.63, 3.8) is 0 Å². The van der Waals surface area contributed by atoms with Crippen molar-refractivity contribution in [1.29, 1.82) is 0 Å². The standard InChI is InChI=1S/C8H11NO3/c1-5-6(2-3-12-5)4-7(9)8(10)11/h2-3,7H,4,9H2,1H3,(H,10,11). The lowest BCUT2D eigenvalue weighted by atomic mass is 10.1. The van der Waals surface area contributed by atoms with E-state index in [9.17, 15) is 4.79 Å². The van der Waals surface area contributed by atoms with Crippen LogP contribution < -0.4 is 5.73 Å². The summed E-state index contributed by atoms with van der Waals surface area (Å²) in [7, 11) is 0. The topological polar surface area (TPSA) is 76.5 Å². The first-order chi connectivity index (χ1) is 5.61. The van der Waals surface area contributed by atoms with Crippen molar-refractivity contribution in [1.82, 2.24) is 0 Å². The number of hydrogen-bond acceptors (Lipinski definition) is 3. The molecular formula is C8H11NO3.